The molecule has 2 N–H and O–H groups in total. The number of amides is 1. The van der Waals surface area contributed by atoms with Crippen molar-refractivity contribution in [1.82, 2.24) is 5.32 Å². The lowest BCUT2D eigenvalue weighted by Crippen LogP contribution is -2.29. The molecule has 0 aliphatic rings. The number of halogens is 1. The van der Waals surface area contributed by atoms with Gasteiger partial charge in [-0.15, -0.1) is 0 Å². The SMILES string of the molecule is CCCCNC(=O)COc1c(Cl)cc(C(=O)O)cc1OC. The number of aromatic carboxylic acids is 1. The quantitative estimate of drug-likeness (QED) is 0.719. The lowest BCUT2D eigenvalue weighted by Gasteiger charge is -2.13. The van der Waals surface area contributed by atoms with Gasteiger partial charge in [-0.2, -0.15) is 0 Å². The lowest BCUT2D eigenvalue weighted by atomic mass is 10.2. The second-order valence-corrected chi connectivity index (χ2v) is 4.69. The van der Waals surface area contributed by atoms with Crippen LogP contribution in [-0.4, -0.2) is 37.2 Å². The van der Waals surface area contributed by atoms with Crippen LogP contribution < -0.4 is 14.8 Å². The average molecular weight is 316 g/mol. The molecule has 0 spiro atoms. The van der Waals surface area contributed by atoms with E-state index in [1.165, 1.54) is 19.2 Å². The molecule has 21 heavy (non-hydrogen) atoms. The van der Waals surface area contributed by atoms with Crippen molar-refractivity contribution in [1.29, 1.82) is 0 Å². The molecule has 7 heteroatoms. The molecule has 0 aliphatic heterocycles. The molecule has 0 aromatic heterocycles. The van der Waals surface area contributed by atoms with Crippen molar-refractivity contribution in [2.24, 2.45) is 0 Å². The highest BCUT2D eigenvalue weighted by Gasteiger charge is 2.16. The third-order valence-electron chi connectivity index (χ3n) is 2.68. The number of methoxy groups -OCH3 is 1. The summed E-state index contributed by atoms with van der Waals surface area (Å²) in [5, 5.41) is 11.7. The fourth-order valence-corrected chi connectivity index (χ4v) is 1.84. The minimum Gasteiger partial charge on any atom is -0.493 e. The van der Waals surface area contributed by atoms with E-state index in [4.69, 9.17) is 26.2 Å². The normalized spacial score (nSPS) is 10.0. The summed E-state index contributed by atoms with van der Waals surface area (Å²) in [4.78, 5) is 22.5. The Bertz CT molecular complexity index is 518. The fourth-order valence-electron chi connectivity index (χ4n) is 1.58. The van der Waals surface area contributed by atoms with Gasteiger partial charge in [0.1, 0.15) is 0 Å². The van der Waals surface area contributed by atoms with Crippen molar-refractivity contribution in [3.05, 3.63) is 22.7 Å². The molecular formula is C14H18ClNO5. The van der Waals surface area contributed by atoms with Crippen molar-refractivity contribution < 1.29 is 24.2 Å². The molecule has 1 aromatic carbocycles. The van der Waals surface area contributed by atoms with E-state index in [9.17, 15) is 9.59 Å². The summed E-state index contributed by atoms with van der Waals surface area (Å²) in [6, 6.07) is 2.54. The molecular weight excluding hydrogens is 298 g/mol. The van der Waals surface area contributed by atoms with Crippen LogP contribution in [0.3, 0.4) is 0 Å². The predicted molar refractivity (Wildman–Crippen MR) is 78.4 cm³/mol. The second-order valence-electron chi connectivity index (χ2n) is 4.29. The van der Waals surface area contributed by atoms with Gasteiger partial charge in [0.05, 0.1) is 17.7 Å². The van der Waals surface area contributed by atoms with Crippen molar-refractivity contribution in [2.45, 2.75) is 19.8 Å². The number of unbranched alkanes of at least 4 members (excludes halogenated alkanes) is 1. The van der Waals surface area contributed by atoms with Gasteiger partial charge in [0.15, 0.2) is 18.1 Å². The maximum atomic E-state index is 11.6. The molecule has 0 saturated carbocycles. The zero-order valence-corrected chi connectivity index (χ0v) is 12.7. The van der Waals surface area contributed by atoms with Gasteiger partial charge < -0.3 is 19.9 Å². The number of benzene rings is 1. The minimum absolute atomic E-state index is 0.0170. The maximum absolute atomic E-state index is 11.6. The van der Waals surface area contributed by atoms with E-state index < -0.39 is 5.97 Å². The smallest absolute Gasteiger partial charge is 0.335 e. The van der Waals surface area contributed by atoms with Crippen molar-refractivity contribution >= 4 is 23.5 Å². The number of carbonyl (C=O) groups is 2. The Balaban J connectivity index is 2.74. The maximum Gasteiger partial charge on any atom is 0.335 e. The van der Waals surface area contributed by atoms with Crippen LogP contribution in [0.4, 0.5) is 0 Å². The molecule has 1 rings (SSSR count). The van der Waals surface area contributed by atoms with E-state index in [2.05, 4.69) is 5.32 Å². The second kappa shape index (κ2) is 8.36. The number of carbonyl (C=O) groups excluding carboxylic acids is 1. The van der Waals surface area contributed by atoms with Gasteiger partial charge in [0.2, 0.25) is 0 Å². The Morgan fingerprint density at radius 2 is 2.10 bits per heavy atom. The summed E-state index contributed by atoms with van der Waals surface area (Å²) in [6.07, 6.45) is 1.88. The summed E-state index contributed by atoms with van der Waals surface area (Å²) in [7, 11) is 1.37. The number of nitrogens with one attached hydrogen (secondary N) is 1. The first-order valence-corrected chi connectivity index (χ1v) is 6.87. The van der Waals surface area contributed by atoms with E-state index >= 15 is 0 Å². The molecule has 116 valence electrons. The Labute approximate surface area is 128 Å². The van der Waals surface area contributed by atoms with Gasteiger partial charge in [-0.1, -0.05) is 24.9 Å². The molecule has 6 nitrogen and oxygen atoms in total. The van der Waals surface area contributed by atoms with Gasteiger partial charge in [-0.3, -0.25) is 4.79 Å². The molecule has 1 amide bonds. The highest BCUT2D eigenvalue weighted by atomic mass is 35.5. The van der Waals surface area contributed by atoms with Crippen LogP contribution in [0.2, 0.25) is 5.02 Å². The molecule has 0 heterocycles. The highest BCUT2D eigenvalue weighted by Crippen LogP contribution is 2.36. The fraction of sp³-hybridized carbons (Fsp3) is 0.429. The van der Waals surface area contributed by atoms with Crippen LogP contribution in [-0.2, 0) is 4.79 Å². The number of ether oxygens (including phenoxy) is 2. The Hall–Kier alpha value is -1.95. The van der Waals surface area contributed by atoms with Gasteiger partial charge in [0.25, 0.3) is 5.91 Å². The first-order chi connectivity index (χ1) is 9.99. The summed E-state index contributed by atoms with van der Waals surface area (Å²) < 4.78 is 10.4. The van der Waals surface area contributed by atoms with Crippen LogP contribution in [0, 0.1) is 0 Å². The molecule has 0 aliphatic carbocycles. The van der Waals surface area contributed by atoms with Crippen molar-refractivity contribution in [2.75, 3.05) is 20.3 Å². The molecule has 0 radical (unpaired) electrons. The van der Waals surface area contributed by atoms with E-state index in [0.29, 0.717) is 6.54 Å². The number of hydrogen-bond acceptors (Lipinski definition) is 4. The molecule has 1 aromatic rings. The lowest BCUT2D eigenvalue weighted by molar-refractivity contribution is -0.123. The van der Waals surface area contributed by atoms with E-state index in [1.807, 2.05) is 6.92 Å². The van der Waals surface area contributed by atoms with E-state index in [0.717, 1.165) is 12.8 Å². The third kappa shape index (κ3) is 5.15. The number of carboxylic acids is 1. The summed E-state index contributed by atoms with van der Waals surface area (Å²) in [6.45, 7) is 2.39. The van der Waals surface area contributed by atoms with Crippen LogP contribution >= 0.6 is 11.6 Å². The largest absolute Gasteiger partial charge is 0.493 e. The van der Waals surface area contributed by atoms with Crippen LogP contribution in [0.25, 0.3) is 0 Å². The third-order valence-corrected chi connectivity index (χ3v) is 2.96. The van der Waals surface area contributed by atoms with Gasteiger partial charge in [-0.25, -0.2) is 4.79 Å². The predicted octanol–water partition coefficient (Wildman–Crippen LogP) is 2.34. The van der Waals surface area contributed by atoms with Gasteiger partial charge in [-0.05, 0) is 18.6 Å². The molecule has 0 saturated heterocycles. The van der Waals surface area contributed by atoms with Crippen LogP contribution in [0.1, 0.15) is 30.1 Å². The van der Waals surface area contributed by atoms with Crippen molar-refractivity contribution in [3.8, 4) is 11.5 Å². The van der Waals surface area contributed by atoms with E-state index in [1.54, 1.807) is 0 Å². The van der Waals surface area contributed by atoms with Crippen molar-refractivity contribution in [3.63, 3.8) is 0 Å². The topological polar surface area (TPSA) is 84.9 Å². The Morgan fingerprint density at radius 1 is 1.38 bits per heavy atom. The number of rotatable bonds is 8. The zero-order chi connectivity index (χ0) is 15.8. The molecule has 0 fully saturated rings. The van der Waals surface area contributed by atoms with Gasteiger partial charge in [0, 0.05) is 6.54 Å². The monoisotopic (exact) mass is 315 g/mol. The summed E-state index contributed by atoms with van der Waals surface area (Å²) in [5.74, 6) is -1.08. The standard InChI is InChI=1S/C14H18ClNO5/c1-3-4-5-16-12(17)8-21-13-10(15)6-9(14(18)19)7-11(13)20-2/h6-7H,3-5,8H2,1-2H3,(H,16,17)(H,18,19). The first-order valence-electron chi connectivity index (χ1n) is 6.49. The zero-order valence-electron chi connectivity index (χ0n) is 11.9. The average Bonchev–Trinajstić information content (AvgIpc) is 2.45. The molecule has 0 bridgehead atoms. The summed E-state index contributed by atoms with van der Waals surface area (Å²) >= 11 is 5.97. The Kier molecular flexibility index (Phi) is 6.81. The highest BCUT2D eigenvalue weighted by molar-refractivity contribution is 6.32. The van der Waals surface area contributed by atoms with Crippen LogP contribution in [0.15, 0.2) is 12.1 Å². The Morgan fingerprint density at radius 3 is 2.67 bits per heavy atom. The van der Waals surface area contributed by atoms with Crippen LogP contribution in [0.5, 0.6) is 11.5 Å². The first kappa shape index (κ1) is 17.1. The molecule has 0 atom stereocenters. The minimum atomic E-state index is -1.13. The van der Waals surface area contributed by atoms with E-state index in [-0.39, 0.29) is 34.6 Å². The number of hydrogen-bond donors (Lipinski definition) is 2. The summed E-state index contributed by atoms with van der Waals surface area (Å²) in [5.41, 5.74) is -0.0170. The van der Waals surface area contributed by atoms with Gasteiger partial charge >= 0.3 is 5.97 Å². The number of carboxylic acid groups (broad SMARTS) is 1. The molecule has 0 unspecified atom stereocenters.